The maximum absolute atomic E-state index is 13.8. The fourth-order valence-electron chi connectivity index (χ4n) is 2.14. The lowest BCUT2D eigenvalue weighted by atomic mass is 10.2. The Hall–Kier alpha value is -1.68. The van der Waals surface area contributed by atoms with Crippen LogP contribution < -0.4 is 0 Å². The quantitative estimate of drug-likeness (QED) is 0.643. The van der Waals surface area contributed by atoms with Gasteiger partial charge in [-0.2, -0.15) is 0 Å². The Morgan fingerprint density at radius 1 is 1.00 bits per heavy atom. The zero-order chi connectivity index (χ0) is 13.4. The number of fused-ring (bicyclic) bond motifs is 1. The second-order valence-corrected chi connectivity index (χ2v) is 5.30. The summed E-state index contributed by atoms with van der Waals surface area (Å²) in [6.07, 6.45) is 1.84. The van der Waals surface area contributed by atoms with Crippen molar-refractivity contribution in [3.05, 3.63) is 70.3 Å². The van der Waals surface area contributed by atoms with Gasteiger partial charge in [0.05, 0.1) is 6.54 Å². The molecule has 96 valence electrons. The maximum atomic E-state index is 13.8. The molecule has 0 N–H and O–H groups in total. The first kappa shape index (κ1) is 12.4. The van der Waals surface area contributed by atoms with Crippen molar-refractivity contribution in [2.75, 3.05) is 0 Å². The van der Waals surface area contributed by atoms with Crippen LogP contribution in [0.1, 0.15) is 5.56 Å². The Bertz CT molecular complexity index is 749. The summed E-state index contributed by atoms with van der Waals surface area (Å²) >= 11 is 3.23. The van der Waals surface area contributed by atoms with Crippen LogP contribution in [0.2, 0.25) is 0 Å². The fraction of sp³-hybridized carbons (Fsp3) is 0.0667. The largest absolute Gasteiger partial charge is 0.343 e. The topological polar surface area (TPSA) is 4.93 Å². The molecule has 1 nitrogen and oxygen atoms in total. The van der Waals surface area contributed by atoms with Gasteiger partial charge in [0.2, 0.25) is 0 Å². The smallest absolute Gasteiger partial charge is 0.129 e. The van der Waals surface area contributed by atoms with E-state index in [9.17, 15) is 8.78 Å². The summed E-state index contributed by atoms with van der Waals surface area (Å²) in [6.45, 7) is 0.425. The van der Waals surface area contributed by atoms with Crippen molar-refractivity contribution < 1.29 is 8.78 Å². The van der Waals surface area contributed by atoms with E-state index in [-0.39, 0.29) is 11.6 Å². The molecule has 4 heteroatoms. The third kappa shape index (κ3) is 2.40. The number of halogens is 3. The average molecular weight is 322 g/mol. The summed E-state index contributed by atoms with van der Waals surface area (Å²) in [5.74, 6) is -0.515. The third-order valence-corrected chi connectivity index (χ3v) is 3.58. The zero-order valence-electron chi connectivity index (χ0n) is 9.91. The molecule has 1 heterocycles. The molecule has 0 saturated carbocycles. The normalized spacial score (nSPS) is 11.1. The molecule has 0 spiro atoms. The van der Waals surface area contributed by atoms with Gasteiger partial charge in [-0.3, -0.25) is 0 Å². The molecule has 0 aliphatic rings. The zero-order valence-corrected chi connectivity index (χ0v) is 11.5. The highest BCUT2D eigenvalue weighted by atomic mass is 79.9. The van der Waals surface area contributed by atoms with Gasteiger partial charge >= 0.3 is 0 Å². The van der Waals surface area contributed by atoms with Crippen LogP contribution >= 0.6 is 15.9 Å². The minimum absolute atomic E-state index is 0.252. The highest BCUT2D eigenvalue weighted by molar-refractivity contribution is 9.10. The van der Waals surface area contributed by atoms with Crippen LogP contribution in [0.4, 0.5) is 8.78 Å². The van der Waals surface area contributed by atoms with Crippen LogP contribution in [0.25, 0.3) is 10.9 Å². The van der Waals surface area contributed by atoms with Crippen molar-refractivity contribution in [3.8, 4) is 0 Å². The molecule has 0 fully saturated rings. The number of hydrogen-bond donors (Lipinski definition) is 0. The van der Waals surface area contributed by atoms with E-state index in [4.69, 9.17) is 0 Å². The average Bonchev–Trinajstić information content (AvgIpc) is 2.75. The highest BCUT2D eigenvalue weighted by Gasteiger charge is 2.06. The van der Waals surface area contributed by atoms with E-state index >= 15 is 0 Å². The second kappa shape index (κ2) is 4.78. The van der Waals surface area contributed by atoms with Gasteiger partial charge in [-0.15, -0.1) is 0 Å². The molecular weight excluding hydrogens is 312 g/mol. The van der Waals surface area contributed by atoms with Crippen molar-refractivity contribution in [1.29, 1.82) is 0 Å². The molecule has 1 aromatic heterocycles. The van der Waals surface area contributed by atoms with Gasteiger partial charge in [-0.05, 0) is 36.4 Å². The molecule has 0 aliphatic heterocycles. The molecule has 0 radical (unpaired) electrons. The van der Waals surface area contributed by atoms with Crippen molar-refractivity contribution >= 4 is 26.8 Å². The van der Waals surface area contributed by atoms with Crippen molar-refractivity contribution in [2.45, 2.75) is 6.54 Å². The number of rotatable bonds is 2. The number of nitrogens with zero attached hydrogens (tertiary/aromatic N) is 1. The van der Waals surface area contributed by atoms with Crippen molar-refractivity contribution in [2.24, 2.45) is 0 Å². The predicted octanol–water partition coefficient (Wildman–Crippen LogP) is 4.73. The van der Waals surface area contributed by atoms with Crippen LogP contribution in [0.5, 0.6) is 0 Å². The molecule has 3 rings (SSSR count). The summed E-state index contributed by atoms with van der Waals surface area (Å²) in [4.78, 5) is 0. The lowest BCUT2D eigenvalue weighted by Crippen LogP contribution is -2.00. The van der Waals surface area contributed by atoms with Crippen molar-refractivity contribution in [1.82, 2.24) is 4.57 Å². The summed E-state index contributed by atoms with van der Waals surface area (Å²) in [5.41, 5.74) is 1.49. The van der Waals surface area contributed by atoms with E-state index in [0.29, 0.717) is 16.6 Å². The Balaban J connectivity index is 2.01. The van der Waals surface area contributed by atoms with E-state index in [0.717, 1.165) is 10.9 Å². The van der Waals surface area contributed by atoms with Gasteiger partial charge in [0.25, 0.3) is 0 Å². The third-order valence-electron chi connectivity index (χ3n) is 3.09. The number of benzene rings is 2. The van der Waals surface area contributed by atoms with Gasteiger partial charge in [0, 0.05) is 27.1 Å². The summed E-state index contributed by atoms with van der Waals surface area (Å²) in [5, 5.41) is 0.817. The van der Waals surface area contributed by atoms with Crippen LogP contribution in [0, 0.1) is 11.6 Å². The Morgan fingerprint density at radius 3 is 2.63 bits per heavy atom. The van der Waals surface area contributed by atoms with Gasteiger partial charge in [0.1, 0.15) is 11.6 Å². The molecular formula is C15H10BrF2N. The van der Waals surface area contributed by atoms with Gasteiger partial charge in [0.15, 0.2) is 0 Å². The standard InChI is InChI=1S/C15H10BrF2N/c16-12-2-1-11(14(18)8-12)9-19-6-5-10-7-13(17)3-4-15(10)19/h1-8H,9H2. The van der Waals surface area contributed by atoms with Gasteiger partial charge in [-0.25, -0.2) is 8.78 Å². The minimum Gasteiger partial charge on any atom is -0.343 e. The Kier molecular flexibility index (Phi) is 3.11. The van der Waals surface area contributed by atoms with E-state index in [1.54, 1.807) is 12.1 Å². The molecule has 19 heavy (non-hydrogen) atoms. The van der Waals surface area contributed by atoms with E-state index < -0.39 is 0 Å². The summed E-state index contributed by atoms with van der Waals surface area (Å²) in [6, 6.07) is 11.4. The van der Waals surface area contributed by atoms with Gasteiger partial charge < -0.3 is 4.57 Å². The monoisotopic (exact) mass is 321 g/mol. The van der Waals surface area contributed by atoms with E-state index in [1.165, 1.54) is 18.2 Å². The van der Waals surface area contributed by atoms with Crippen molar-refractivity contribution in [3.63, 3.8) is 0 Å². The van der Waals surface area contributed by atoms with E-state index in [2.05, 4.69) is 15.9 Å². The first-order chi connectivity index (χ1) is 9.13. The SMILES string of the molecule is Fc1ccc2c(ccn2Cc2ccc(Br)cc2F)c1. The molecule has 0 amide bonds. The lowest BCUT2D eigenvalue weighted by Gasteiger charge is -2.07. The molecule has 0 saturated heterocycles. The minimum atomic E-state index is -0.264. The Labute approximate surface area is 117 Å². The number of aromatic nitrogens is 1. The first-order valence-corrected chi connectivity index (χ1v) is 6.61. The van der Waals surface area contributed by atoms with Gasteiger partial charge in [-0.1, -0.05) is 22.0 Å². The Morgan fingerprint density at radius 2 is 1.84 bits per heavy atom. The maximum Gasteiger partial charge on any atom is 0.129 e. The first-order valence-electron chi connectivity index (χ1n) is 5.82. The highest BCUT2D eigenvalue weighted by Crippen LogP contribution is 2.21. The van der Waals surface area contributed by atoms with Crippen LogP contribution in [-0.2, 0) is 6.54 Å². The summed E-state index contributed by atoms with van der Waals surface area (Å²) in [7, 11) is 0. The predicted molar refractivity (Wildman–Crippen MR) is 75.1 cm³/mol. The number of hydrogen-bond acceptors (Lipinski definition) is 0. The summed E-state index contributed by atoms with van der Waals surface area (Å²) < 4.78 is 29.5. The molecule has 0 bridgehead atoms. The lowest BCUT2D eigenvalue weighted by molar-refractivity contribution is 0.601. The molecule has 2 aromatic carbocycles. The molecule has 0 unspecified atom stereocenters. The molecule has 0 atom stereocenters. The molecule has 3 aromatic rings. The fourth-order valence-corrected chi connectivity index (χ4v) is 2.48. The second-order valence-electron chi connectivity index (χ2n) is 4.38. The van der Waals surface area contributed by atoms with Crippen LogP contribution in [0.15, 0.2) is 53.1 Å². The molecule has 0 aliphatic carbocycles. The van der Waals surface area contributed by atoms with E-state index in [1.807, 2.05) is 22.9 Å². The van der Waals surface area contributed by atoms with Crippen LogP contribution in [0.3, 0.4) is 0 Å². The van der Waals surface area contributed by atoms with Crippen LogP contribution in [-0.4, -0.2) is 4.57 Å².